The van der Waals surface area contributed by atoms with E-state index in [1.165, 1.54) is 0 Å². The van der Waals surface area contributed by atoms with Crippen LogP contribution in [-0.4, -0.2) is 64.9 Å². The van der Waals surface area contributed by atoms with Crippen LogP contribution in [0.5, 0.6) is 0 Å². The molecule has 206 valence electrons. The fraction of sp³-hybridized carbons (Fsp3) is 0.607. The highest BCUT2D eigenvalue weighted by atomic mass is 19.4. The fourth-order valence-corrected chi connectivity index (χ4v) is 6.05. The third-order valence-corrected chi connectivity index (χ3v) is 8.81. The average molecular weight is 531 g/mol. The Labute approximate surface area is 222 Å². The van der Waals surface area contributed by atoms with Gasteiger partial charge in [0.1, 0.15) is 11.4 Å². The molecular weight excluding hydrogens is 493 g/mol. The van der Waals surface area contributed by atoms with Gasteiger partial charge in [0.15, 0.2) is 0 Å². The number of carbonyl (C=O) groups excluding carboxylic acids is 1. The Morgan fingerprint density at radius 2 is 1.79 bits per heavy atom. The molecule has 38 heavy (non-hydrogen) atoms. The standard InChI is InChI=1S/C28H37F3N6O/c1-27(13-14-27)21-5-4-6-23(21)34-24-22(28(29,30)31)17-32-26(35-24)33-19-9-7-18(8-10-19)25(38)37(3)20-11-15-36(2)16-12-20/h7-10,17,20-21,23H,4-6,11-16H2,1-3H3,(H2,32,33,34,35)/t21-,23?/m0/s1. The summed E-state index contributed by atoms with van der Waals surface area (Å²) in [5.41, 5.74) is 0.529. The molecule has 1 unspecified atom stereocenters. The molecule has 1 aromatic heterocycles. The van der Waals surface area contributed by atoms with Gasteiger partial charge in [-0.25, -0.2) is 4.98 Å². The minimum absolute atomic E-state index is 0.0294. The summed E-state index contributed by atoms with van der Waals surface area (Å²) in [6, 6.07) is 7.08. The van der Waals surface area contributed by atoms with Gasteiger partial charge >= 0.3 is 6.18 Å². The second kappa shape index (κ2) is 10.4. The molecule has 1 aromatic carbocycles. The number of rotatable bonds is 7. The number of anilines is 3. The van der Waals surface area contributed by atoms with E-state index in [0.717, 1.165) is 64.2 Å². The number of alkyl halides is 3. The number of aromatic nitrogens is 2. The molecule has 0 spiro atoms. The summed E-state index contributed by atoms with van der Waals surface area (Å²) in [7, 11) is 3.93. The fourth-order valence-electron chi connectivity index (χ4n) is 6.05. The first kappa shape index (κ1) is 26.7. The molecule has 1 aliphatic heterocycles. The van der Waals surface area contributed by atoms with Crippen molar-refractivity contribution in [3.05, 3.63) is 41.6 Å². The van der Waals surface area contributed by atoms with Gasteiger partial charge in [-0.3, -0.25) is 4.79 Å². The van der Waals surface area contributed by atoms with Gasteiger partial charge in [-0.2, -0.15) is 18.2 Å². The summed E-state index contributed by atoms with van der Waals surface area (Å²) in [5, 5.41) is 6.15. The van der Waals surface area contributed by atoms with Crippen molar-refractivity contribution in [3.8, 4) is 0 Å². The molecule has 0 radical (unpaired) electrons. The topological polar surface area (TPSA) is 73.4 Å². The van der Waals surface area contributed by atoms with Gasteiger partial charge in [0, 0.05) is 36.6 Å². The van der Waals surface area contributed by atoms with Gasteiger partial charge < -0.3 is 20.4 Å². The largest absolute Gasteiger partial charge is 0.421 e. The molecule has 1 amide bonds. The number of likely N-dealkylation sites (tertiary alicyclic amines) is 1. The summed E-state index contributed by atoms with van der Waals surface area (Å²) in [4.78, 5) is 25.3. The Morgan fingerprint density at radius 1 is 1.11 bits per heavy atom. The van der Waals surface area contributed by atoms with E-state index in [-0.39, 0.29) is 35.2 Å². The second-order valence-corrected chi connectivity index (χ2v) is 11.5. The predicted molar refractivity (Wildman–Crippen MR) is 141 cm³/mol. The van der Waals surface area contributed by atoms with Crippen molar-refractivity contribution >= 4 is 23.4 Å². The van der Waals surface area contributed by atoms with E-state index in [0.29, 0.717) is 17.2 Å². The molecule has 10 heteroatoms. The van der Waals surface area contributed by atoms with Crippen molar-refractivity contribution in [3.63, 3.8) is 0 Å². The van der Waals surface area contributed by atoms with Crippen LogP contribution in [0.15, 0.2) is 30.5 Å². The van der Waals surface area contributed by atoms with Crippen LogP contribution in [0, 0.1) is 11.3 Å². The van der Waals surface area contributed by atoms with Crippen LogP contribution in [0.4, 0.5) is 30.6 Å². The summed E-state index contributed by atoms with van der Waals surface area (Å²) >= 11 is 0. The highest BCUT2D eigenvalue weighted by Crippen LogP contribution is 2.57. The lowest BCUT2D eigenvalue weighted by Gasteiger charge is -2.35. The van der Waals surface area contributed by atoms with Gasteiger partial charge in [0.25, 0.3) is 5.91 Å². The van der Waals surface area contributed by atoms with Crippen LogP contribution in [0.2, 0.25) is 0 Å². The first-order valence-corrected chi connectivity index (χ1v) is 13.6. The van der Waals surface area contributed by atoms with Crippen LogP contribution < -0.4 is 10.6 Å². The van der Waals surface area contributed by atoms with Crippen molar-refractivity contribution in [2.45, 2.75) is 70.1 Å². The molecule has 2 N–H and O–H groups in total. The van der Waals surface area contributed by atoms with Crippen molar-refractivity contribution in [2.75, 3.05) is 37.8 Å². The average Bonchev–Trinajstić information content (AvgIpc) is 3.45. The first-order chi connectivity index (χ1) is 18.0. The molecule has 0 bridgehead atoms. The SMILES string of the molecule is CN1CCC(N(C)C(=O)c2ccc(Nc3ncc(C(F)(F)F)c(NC4CCC[C@@H]4C4(C)CC4)n3)cc2)CC1. The van der Waals surface area contributed by atoms with Gasteiger partial charge in [-0.1, -0.05) is 13.3 Å². The Bertz CT molecular complexity index is 1140. The van der Waals surface area contributed by atoms with Gasteiger partial charge in [-0.05, 0) is 94.3 Å². The van der Waals surface area contributed by atoms with E-state index in [1.54, 1.807) is 24.3 Å². The van der Waals surface area contributed by atoms with Gasteiger partial charge in [0.2, 0.25) is 5.95 Å². The van der Waals surface area contributed by atoms with Crippen molar-refractivity contribution in [1.82, 2.24) is 19.8 Å². The zero-order chi connectivity index (χ0) is 27.1. The lowest BCUT2D eigenvalue weighted by molar-refractivity contribution is -0.137. The molecular formula is C28H37F3N6O. The first-order valence-electron chi connectivity index (χ1n) is 13.6. The maximum atomic E-state index is 13.8. The van der Waals surface area contributed by atoms with E-state index >= 15 is 0 Å². The van der Waals surface area contributed by atoms with Crippen molar-refractivity contribution < 1.29 is 18.0 Å². The molecule has 3 aliphatic rings. The minimum atomic E-state index is -4.56. The number of nitrogens with one attached hydrogen (secondary N) is 2. The molecule has 2 aliphatic carbocycles. The van der Waals surface area contributed by atoms with Crippen molar-refractivity contribution in [1.29, 1.82) is 0 Å². The number of hydrogen-bond acceptors (Lipinski definition) is 6. The second-order valence-electron chi connectivity index (χ2n) is 11.5. The summed E-state index contributed by atoms with van der Waals surface area (Å²) in [6.07, 6.45) is 3.32. The smallest absolute Gasteiger partial charge is 0.366 e. The molecule has 5 rings (SSSR count). The quantitative estimate of drug-likeness (QED) is 0.473. The number of piperidine rings is 1. The highest BCUT2D eigenvalue weighted by Gasteiger charge is 2.50. The van der Waals surface area contributed by atoms with Gasteiger partial charge in [-0.15, -0.1) is 0 Å². The molecule has 7 nitrogen and oxygen atoms in total. The van der Waals surface area contributed by atoms with E-state index in [1.807, 2.05) is 11.9 Å². The monoisotopic (exact) mass is 530 g/mol. The van der Waals surface area contributed by atoms with E-state index in [2.05, 4.69) is 39.5 Å². The van der Waals surface area contributed by atoms with Crippen molar-refractivity contribution in [2.24, 2.45) is 11.3 Å². The Balaban J connectivity index is 1.29. The summed E-state index contributed by atoms with van der Waals surface area (Å²) < 4.78 is 41.4. The number of benzene rings is 1. The molecule has 2 heterocycles. The van der Waals surface area contributed by atoms with Crippen LogP contribution in [0.1, 0.15) is 67.8 Å². The Morgan fingerprint density at radius 3 is 2.42 bits per heavy atom. The van der Waals surface area contributed by atoms with Crippen LogP contribution in [0.25, 0.3) is 0 Å². The zero-order valence-corrected chi connectivity index (χ0v) is 22.3. The lowest BCUT2D eigenvalue weighted by atomic mass is 9.86. The maximum absolute atomic E-state index is 13.8. The third-order valence-electron chi connectivity index (χ3n) is 8.81. The third kappa shape index (κ3) is 5.75. The highest BCUT2D eigenvalue weighted by molar-refractivity contribution is 5.94. The summed E-state index contributed by atoms with van der Waals surface area (Å²) in [6.45, 7) is 4.17. The Kier molecular flexibility index (Phi) is 7.28. The number of nitrogens with zero attached hydrogens (tertiary/aromatic N) is 4. The normalized spacial score (nSPS) is 23.7. The van der Waals surface area contributed by atoms with E-state index < -0.39 is 11.7 Å². The minimum Gasteiger partial charge on any atom is -0.366 e. The van der Waals surface area contributed by atoms with E-state index in [9.17, 15) is 18.0 Å². The maximum Gasteiger partial charge on any atom is 0.421 e. The van der Waals surface area contributed by atoms with E-state index in [4.69, 9.17) is 0 Å². The zero-order valence-electron chi connectivity index (χ0n) is 22.3. The number of hydrogen-bond donors (Lipinski definition) is 2. The predicted octanol–water partition coefficient (Wildman–Crippen LogP) is 5.79. The van der Waals surface area contributed by atoms with Crippen LogP contribution in [-0.2, 0) is 6.18 Å². The van der Waals surface area contributed by atoms with Crippen LogP contribution >= 0.6 is 0 Å². The summed E-state index contributed by atoms with van der Waals surface area (Å²) in [5.74, 6) is 0.212. The van der Waals surface area contributed by atoms with Crippen LogP contribution in [0.3, 0.4) is 0 Å². The number of halogens is 3. The number of carbonyl (C=O) groups is 1. The molecule has 2 aromatic rings. The molecule has 3 fully saturated rings. The number of amides is 1. The van der Waals surface area contributed by atoms with Gasteiger partial charge in [0.05, 0.1) is 0 Å². The lowest BCUT2D eigenvalue weighted by Crippen LogP contribution is -2.44. The molecule has 2 saturated carbocycles. The molecule has 2 atom stereocenters. The Hall–Kier alpha value is -2.88. The molecule has 1 saturated heterocycles.